The van der Waals surface area contributed by atoms with Gasteiger partial charge in [-0.05, 0) is 18.2 Å². The molecule has 1 aliphatic rings. The predicted octanol–water partition coefficient (Wildman–Crippen LogP) is 4.25. The lowest BCUT2D eigenvalue weighted by atomic mass is 10.1. The van der Waals surface area contributed by atoms with Crippen LogP contribution in [-0.4, -0.2) is 15.6 Å². The van der Waals surface area contributed by atoms with E-state index in [0.29, 0.717) is 6.20 Å². The summed E-state index contributed by atoms with van der Waals surface area (Å²) in [5.41, 5.74) is -2.43. The SMILES string of the molecule is N#Cc1cc(-n2cc(C(F)(F)F)c3c2CC(F)(F)[C@H]3O)ccc1Cl. The summed E-state index contributed by atoms with van der Waals surface area (Å²) in [6.45, 7) is 0. The zero-order chi connectivity index (χ0) is 17.9. The van der Waals surface area contributed by atoms with E-state index in [1.165, 1.54) is 18.2 Å². The quantitative estimate of drug-likeness (QED) is 0.771. The first-order valence-electron chi connectivity index (χ1n) is 6.63. The van der Waals surface area contributed by atoms with Crippen molar-refractivity contribution in [3.63, 3.8) is 0 Å². The van der Waals surface area contributed by atoms with Crippen LogP contribution in [0.4, 0.5) is 22.0 Å². The maximum atomic E-state index is 13.7. The van der Waals surface area contributed by atoms with Crippen molar-refractivity contribution in [2.24, 2.45) is 0 Å². The molecule has 1 atom stereocenters. The molecule has 0 amide bonds. The maximum absolute atomic E-state index is 13.7. The van der Waals surface area contributed by atoms with Gasteiger partial charge in [0.15, 0.2) is 0 Å². The normalized spacial score (nSPS) is 19.2. The molecule has 3 rings (SSSR count). The highest BCUT2D eigenvalue weighted by atomic mass is 35.5. The lowest BCUT2D eigenvalue weighted by Gasteiger charge is -2.16. The summed E-state index contributed by atoms with van der Waals surface area (Å²) in [4.78, 5) is 0. The molecule has 126 valence electrons. The van der Waals surface area contributed by atoms with E-state index < -0.39 is 35.8 Å². The highest BCUT2D eigenvalue weighted by molar-refractivity contribution is 6.31. The van der Waals surface area contributed by atoms with Gasteiger partial charge in [0.1, 0.15) is 12.2 Å². The first-order chi connectivity index (χ1) is 11.1. The average Bonchev–Trinajstić information content (AvgIpc) is 2.95. The zero-order valence-corrected chi connectivity index (χ0v) is 12.5. The number of aromatic nitrogens is 1. The number of aliphatic hydroxyl groups is 1. The molecule has 0 unspecified atom stereocenters. The van der Waals surface area contributed by atoms with Crippen LogP contribution in [-0.2, 0) is 12.6 Å². The van der Waals surface area contributed by atoms with Crippen molar-refractivity contribution in [2.75, 3.05) is 0 Å². The molecule has 0 aliphatic heterocycles. The molecule has 1 heterocycles. The summed E-state index contributed by atoms with van der Waals surface area (Å²) in [5.74, 6) is -3.70. The number of fused-ring (bicyclic) bond motifs is 1. The average molecular weight is 363 g/mol. The van der Waals surface area contributed by atoms with Gasteiger partial charge in [-0.2, -0.15) is 18.4 Å². The third-order valence-electron chi connectivity index (χ3n) is 3.88. The molecule has 0 fully saturated rings. The van der Waals surface area contributed by atoms with Crippen molar-refractivity contribution >= 4 is 11.6 Å². The third-order valence-corrected chi connectivity index (χ3v) is 4.21. The molecule has 1 aromatic heterocycles. The van der Waals surface area contributed by atoms with Crippen LogP contribution in [0.3, 0.4) is 0 Å². The predicted molar refractivity (Wildman–Crippen MR) is 74.1 cm³/mol. The number of alkyl halides is 5. The minimum atomic E-state index is -4.90. The first-order valence-corrected chi connectivity index (χ1v) is 7.01. The number of benzene rings is 1. The van der Waals surface area contributed by atoms with Crippen molar-refractivity contribution in [2.45, 2.75) is 24.6 Å². The van der Waals surface area contributed by atoms with E-state index in [9.17, 15) is 27.1 Å². The number of rotatable bonds is 1. The molecule has 3 nitrogen and oxygen atoms in total. The summed E-state index contributed by atoms with van der Waals surface area (Å²) >= 11 is 5.78. The minimum absolute atomic E-state index is 0.00418. The van der Waals surface area contributed by atoms with Crippen molar-refractivity contribution in [1.82, 2.24) is 4.57 Å². The Hall–Kier alpha value is -2.11. The van der Waals surface area contributed by atoms with Crippen molar-refractivity contribution in [3.05, 3.63) is 51.8 Å². The van der Waals surface area contributed by atoms with Gasteiger partial charge < -0.3 is 9.67 Å². The topological polar surface area (TPSA) is 49.0 Å². The van der Waals surface area contributed by atoms with Gasteiger partial charge >= 0.3 is 6.18 Å². The Morgan fingerprint density at radius 3 is 2.58 bits per heavy atom. The van der Waals surface area contributed by atoms with Gasteiger partial charge in [0.05, 0.1) is 22.6 Å². The highest BCUT2D eigenvalue weighted by Crippen LogP contribution is 2.49. The molecule has 0 bridgehead atoms. The molecule has 0 radical (unpaired) electrons. The summed E-state index contributed by atoms with van der Waals surface area (Å²) in [5, 5.41) is 18.7. The first kappa shape index (κ1) is 16.7. The molecular formula is C15H8ClF5N2O. The number of hydrogen-bond acceptors (Lipinski definition) is 2. The Balaban J connectivity index is 2.26. The molecule has 1 N–H and O–H groups in total. The van der Waals surface area contributed by atoms with Gasteiger partial charge in [0, 0.05) is 23.1 Å². The van der Waals surface area contributed by atoms with Crippen LogP contribution < -0.4 is 0 Å². The lowest BCUT2D eigenvalue weighted by Crippen LogP contribution is -2.23. The Morgan fingerprint density at radius 1 is 1.33 bits per heavy atom. The fraction of sp³-hybridized carbons (Fsp3) is 0.267. The Bertz CT molecular complexity index is 866. The number of nitrogens with zero attached hydrogens (tertiary/aromatic N) is 2. The van der Waals surface area contributed by atoms with Crippen LogP contribution in [0.15, 0.2) is 24.4 Å². The summed E-state index contributed by atoms with van der Waals surface area (Å²) in [6.07, 6.45) is -7.83. The molecular weight excluding hydrogens is 355 g/mol. The van der Waals surface area contributed by atoms with Crippen LogP contribution in [0.2, 0.25) is 5.02 Å². The van der Waals surface area contributed by atoms with Crippen molar-refractivity contribution in [1.29, 1.82) is 5.26 Å². The van der Waals surface area contributed by atoms with Gasteiger partial charge in [-0.15, -0.1) is 0 Å². The van der Waals surface area contributed by atoms with Gasteiger partial charge in [-0.25, -0.2) is 8.78 Å². The standard InChI is InChI=1S/C15H8ClF5N2O/c16-10-2-1-8(3-7(10)5-22)23-6-9(15(19,20)21)12-11(23)4-14(17,18)13(12)24/h1-3,6,13,24H,4H2/t13-/m0/s1. The van der Waals surface area contributed by atoms with Crippen LogP contribution >= 0.6 is 11.6 Å². The van der Waals surface area contributed by atoms with Crippen molar-refractivity contribution < 1.29 is 27.1 Å². The molecule has 9 heteroatoms. The lowest BCUT2D eigenvalue weighted by molar-refractivity contribution is -0.142. The largest absolute Gasteiger partial charge is 0.418 e. The third kappa shape index (κ3) is 2.44. The van der Waals surface area contributed by atoms with E-state index in [-0.39, 0.29) is 22.0 Å². The molecule has 1 aliphatic carbocycles. The molecule has 0 saturated carbocycles. The van der Waals surface area contributed by atoms with E-state index >= 15 is 0 Å². The van der Waals surface area contributed by atoms with E-state index in [2.05, 4.69) is 0 Å². The smallest absolute Gasteiger partial charge is 0.382 e. The van der Waals surface area contributed by atoms with E-state index in [4.69, 9.17) is 16.9 Å². The fourth-order valence-corrected chi connectivity index (χ4v) is 2.94. The summed E-state index contributed by atoms with van der Waals surface area (Å²) in [6, 6.07) is 5.57. The van der Waals surface area contributed by atoms with Gasteiger partial charge in [-0.3, -0.25) is 0 Å². The number of halogens is 6. The van der Waals surface area contributed by atoms with E-state index in [1.54, 1.807) is 6.07 Å². The van der Waals surface area contributed by atoms with Crippen LogP contribution in [0.1, 0.15) is 28.5 Å². The van der Waals surface area contributed by atoms with E-state index in [1.807, 2.05) is 0 Å². The number of aliphatic hydroxyl groups excluding tert-OH is 1. The summed E-state index contributed by atoms with van der Waals surface area (Å²) < 4.78 is 67.9. The second-order valence-corrected chi connectivity index (χ2v) is 5.79. The van der Waals surface area contributed by atoms with Crippen LogP contribution in [0.5, 0.6) is 0 Å². The van der Waals surface area contributed by atoms with E-state index in [0.717, 1.165) is 4.57 Å². The van der Waals surface area contributed by atoms with Gasteiger partial charge in [-0.1, -0.05) is 11.6 Å². The molecule has 2 aromatic rings. The Morgan fingerprint density at radius 2 is 2.00 bits per heavy atom. The molecule has 1 aromatic carbocycles. The van der Waals surface area contributed by atoms with Gasteiger partial charge in [0.2, 0.25) is 0 Å². The zero-order valence-electron chi connectivity index (χ0n) is 11.7. The number of hydrogen-bond donors (Lipinski definition) is 1. The Kier molecular flexibility index (Phi) is 3.62. The summed E-state index contributed by atoms with van der Waals surface area (Å²) in [7, 11) is 0. The maximum Gasteiger partial charge on any atom is 0.418 e. The van der Waals surface area contributed by atoms with Gasteiger partial charge in [0.25, 0.3) is 5.92 Å². The Labute approximate surface area is 137 Å². The second-order valence-electron chi connectivity index (χ2n) is 5.39. The molecule has 0 spiro atoms. The van der Waals surface area contributed by atoms with Crippen molar-refractivity contribution in [3.8, 4) is 11.8 Å². The monoisotopic (exact) mass is 362 g/mol. The van der Waals surface area contributed by atoms with Crippen LogP contribution in [0, 0.1) is 11.3 Å². The molecule has 24 heavy (non-hydrogen) atoms. The van der Waals surface area contributed by atoms with Crippen LogP contribution in [0.25, 0.3) is 5.69 Å². The highest BCUT2D eigenvalue weighted by Gasteiger charge is 2.53. The second kappa shape index (κ2) is 5.19. The fourth-order valence-electron chi connectivity index (χ4n) is 2.78. The molecule has 0 saturated heterocycles. The number of nitriles is 1. The minimum Gasteiger partial charge on any atom is -0.382 e.